The molecule has 34 heavy (non-hydrogen) atoms. The van der Waals surface area contributed by atoms with E-state index in [2.05, 4.69) is 51.1 Å². The molecule has 5 rings (SSSR count). The highest BCUT2D eigenvalue weighted by Gasteiger charge is 2.17. The molecule has 2 aromatic heterocycles. The van der Waals surface area contributed by atoms with Gasteiger partial charge >= 0.3 is 0 Å². The van der Waals surface area contributed by atoms with E-state index >= 15 is 0 Å². The van der Waals surface area contributed by atoms with Crippen molar-refractivity contribution in [2.75, 3.05) is 31.6 Å². The summed E-state index contributed by atoms with van der Waals surface area (Å²) in [6.45, 7) is 5.97. The van der Waals surface area contributed by atoms with Crippen LogP contribution in [0.2, 0.25) is 0 Å². The summed E-state index contributed by atoms with van der Waals surface area (Å²) in [5, 5.41) is 4.12. The molecule has 0 aliphatic carbocycles. The molecule has 2 aromatic carbocycles. The van der Waals surface area contributed by atoms with Gasteiger partial charge in [0.1, 0.15) is 17.7 Å². The lowest BCUT2D eigenvalue weighted by atomic mass is 10.0. The van der Waals surface area contributed by atoms with Gasteiger partial charge in [-0.05, 0) is 35.4 Å². The second-order valence-corrected chi connectivity index (χ2v) is 8.01. The minimum atomic E-state index is -0.200. The molecule has 8 heteroatoms. The molecule has 3 heterocycles. The van der Waals surface area contributed by atoms with Crippen LogP contribution in [0.15, 0.2) is 73.6 Å². The predicted molar refractivity (Wildman–Crippen MR) is 131 cm³/mol. The average molecular weight is 456 g/mol. The highest BCUT2D eigenvalue weighted by Crippen LogP contribution is 2.32. The van der Waals surface area contributed by atoms with Crippen molar-refractivity contribution in [2.24, 2.45) is 0 Å². The standard InChI is InChI=1S/C26H25N5O3/c1-3-24(32)31(2)19-5-4-6-20(13-19)34-26-21-14-22(30-25(21)28-16-29-26)17-7-9-18(10-8-17)23-15-27-11-12-33-23/h3-10,13-14,16,23,27H,1,11-12,15H2,2H3,(H,28,29,30). The maximum absolute atomic E-state index is 11.9. The van der Waals surface area contributed by atoms with Crippen LogP contribution in [0.1, 0.15) is 11.7 Å². The Bertz CT molecular complexity index is 1330. The molecule has 1 aliphatic heterocycles. The van der Waals surface area contributed by atoms with Crippen molar-refractivity contribution in [2.45, 2.75) is 6.10 Å². The van der Waals surface area contributed by atoms with Crippen LogP contribution in [-0.2, 0) is 9.53 Å². The van der Waals surface area contributed by atoms with Crippen molar-refractivity contribution in [1.82, 2.24) is 20.3 Å². The van der Waals surface area contributed by atoms with Gasteiger partial charge in [0.15, 0.2) is 0 Å². The van der Waals surface area contributed by atoms with Gasteiger partial charge in [0, 0.05) is 37.6 Å². The van der Waals surface area contributed by atoms with Gasteiger partial charge in [0.2, 0.25) is 11.8 Å². The van der Waals surface area contributed by atoms with E-state index in [1.165, 1.54) is 17.3 Å². The van der Waals surface area contributed by atoms with Gasteiger partial charge in [-0.1, -0.05) is 36.9 Å². The second kappa shape index (κ2) is 9.46. The third-order valence-corrected chi connectivity index (χ3v) is 5.83. The number of anilines is 1. The van der Waals surface area contributed by atoms with Gasteiger partial charge in [-0.3, -0.25) is 4.79 Å². The van der Waals surface area contributed by atoms with Gasteiger partial charge in [-0.25, -0.2) is 9.97 Å². The average Bonchev–Trinajstić information content (AvgIpc) is 3.34. The Morgan fingerprint density at radius 3 is 2.82 bits per heavy atom. The lowest BCUT2D eigenvalue weighted by Crippen LogP contribution is -2.33. The number of morpholine rings is 1. The number of hydrogen-bond acceptors (Lipinski definition) is 6. The lowest BCUT2D eigenvalue weighted by Gasteiger charge is -2.24. The number of ether oxygens (including phenoxy) is 2. The Morgan fingerprint density at radius 2 is 2.06 bits per heavy atom. The Kier molecular flexibility index (Phi) is 6.07. The van der Waals surface area contributed by atoms with Crippen LogP contribution in [0.5, 0.6) is 11.6 Å². The number of fused-ring (bicyclic) bond motifs is 1. The highest BCUT2D eigenvalue weighted by atomic mass is 16.5. The molecule has 1 fully saturated rings. The number of likely N-dealkylation sites (N-methyl/N-ethyl adjacent to an activating group) is 1. The lowest BCUT2D eigenvalue weighted by molar-refractivity contribution is -0.113. The third-order valence-electron chi connectivity index (χ3n) is 5.83. The van der Waals surface area contributed by atoms with Crippen molar-refractivity contribution in [1.29, 1.82) is 0 Å². The van der Waals surface area contributed by atoms with Gasteiger partial charge in [0.25, 0.3) is 0 Å². The van der Waals surface area contributed by atoms with E-state index in [-0.39, 0.29) is 12.0 Å². The van der Waals surface area contributed by atoms with Crippen molar-refractivity contribution in [3.8, 4) is 22.9 Å². The zero-order valence-electron chi connectivity index (χ0n) is 18.8. The SMILES string of the molecule is C=CC(=O)N(C)c1cccc(Oc2ncnc3[nH]c(-c4ccc(C5CNCCO5)cc4)cc23)c1. The van der Waals surface area contributed by atoms with Crippen LogP contribution >= 0.6 is 0 Å². The number of carbonyl (C=O) groups is 1. The first-order valence-electron chi connectivity index (χ1n) is 11.1. The number of carbonyl (C=O) groups excluding carboxylic acids is 1. The van der Waals surface area contributed by atoms with Crippen LogP contribution in [0, 0.1) is 0 Å². The number of nitrogens with one attached hydrogen (secondary N) is 2. The molecule has 172 valence electrons. The number of aromatic amines is 1. The molecule has 0 spiro atoms. The first kappa shape index (κ1) is 21.8. The summed E-state index contributed by atoms with van der Waals surface area (Å²) in [5.74, 6) is 0.796. The molecule has 1 aliphatic rings. The van der Waals surface area contributed by atoms with E-state index in [0.29, 0.717) is 23.0 Å². The monoisotopic (exact) mass is 455 g/mol. The summed E-state index contributed by atoms with van der Waals surface area (Å²) >= 11 is 0. The Morgan fingerprint density at radius 1 is 1.21 bits per heavy atom. The fourth-order valence-corrected chi connectivity index (χ4v) is 3.94. The summed E-state index contributed by atoms with van der Waals surface area (Å²) in [7, 11) is 1.69. The topological polar surface area (TPSA) is 92.4 Å². The van der Waals surface area contributed by atoms with Gasteiger partial charge in [-0.2, -0.15) is 0 Å². The Labute approximate surface area is 197 Å². The number of nitrogens with zero attached hydrogens (tertiary/aromatic N) is 3. The molecule has 4 aromatic rings. The fourth-order valence-electron chi connectivity index (χ4n) is 3.94. The number of benzene rings is 2. The van der Waals surface area contributed by atoms with Crippen molar-refractivity contribution < 1.29 is 14.3 Å². The predicted octanol–water partition coefficient (Wildman–Crippen LogP) is 4.23. The molecule has 0 saturated carbocycles. The Balaban J connectivity index is 1.40. The number of aromatic nitrogens is 3. The van der Waals surface area contributed by atoms with Gasteiger partial charge in [0.05, 0.1) is 18.1 Å². The number of hydrogen-bond donors (Lipinski definition) is 2. The quantitative estimate of drug-likeness (QED) is 0.423. The molecule has 1 unspecified atom stereocenters. The molecule has 0 bridgehead atoms. The zero-order valence-corrected chi connectivity index (χ0v) is 18.8. The molecule has 0 radical (unpaired) electrons. The van der Waals surface area contributed by atoms with Crippen LogP contribution in [0.25, 0.3) is 22.3 Å². The van der Waals surface area contributed by atoms with Crippen molar-refractivity contribution in [3.05, 3.63) is 79.1 Å². The summed E-state index contributed by atoms with van der Waals surface area (Å²) in [6.07, 6.45) is 2.81. The van der Waals surface area contributed by atoms with Crippen LogP contribution in [0.4, 0.5) is 5.69 Å². The van der Waals surface area contributed by atoms with E-state index in [1.807, 2.05) is 24.3 Å². The maximum Gasteiger partial charge on any atom is 0.250 e. The summed E-state index contributed by atoms with van der Waals surface area (Å²) in [4.78, 5) is 25.5. The molecule has 1 atom stereocenters. The number of amides is 1. The molecular formula is C26H25N5O3. The van der Waals surface area contributed by atoms with E-state index in [9.17, 15) is 4.79 Å². The largest absolute Gasteiger partial charge is 0.438 e. The second-order valence-electron chi connectivity index (χ2n) is 8.01. The van der Waals surface area contributed by atoms with Gasteiger partial charge in [-0.15, -0.1) is 0 Å². The smallest absolute Gasteiger partial charge is 0.250 e. The van der Waals surface area contributed by atoms with E-state index < -0.39 is 0 Å². The minimum Gasteiger partial charge on any atom is -0.438 e. The van der Waals surface area contributed by atoms with Crippen LogP contribution in [-0.4, -0.2) is 47.6 Å². The van der Waals surface area contributed by atoms with Crippen molar-refractivity contribution in [3.63, 3.8) is 0 Å². The van der Waals surface area contributed by atoms with E-state index in [4.69, 9.17) is 9.47 Å². The first-order valence-corrected chi connectivity index (χ1v) is 11.1. The minimum absolute atomic E-state index is 0.0768. The molecule has 1 saturated heterocycles. The molecule has 8 nitrogen and oxygen atoms in total. The van der Waals surface area contributed by atoms with E-state index in [1.54, 1.807) is 13.1 Å². The highest BCUT2D eigenvalue weighted by molar-refractivity contribution is 6.00. The van der Waals surface area contributed by atoms with Crippen molar-refractivity contribution >= 4 is 22.6 Å². The maximum atomic E-state index is 11.9. The normalized spacial score (nSPS) is 15.7. The summed E-state index contributed by atoms with van der Waals surface area (Å²) in [5.41, 5.74) is 4.47. The number of rotatable bonds is 6. The van der Waals surface area contributed by atoms with Crippen LogP contribution in [0.3, 0.4) is 0 Å². The van der Waals surface area contributed by atoms with Gasteiger partial charge < -0.3 is 24.7 Å². The fraction of sp³-hybridized carbons (Fsp3) is 0.192. The molecule has 2 N–H and O–H groups in total. The van der Waals surface area contributed by atoms with E-state index in [0.717, 1.165) is 41.9 Å². The number of H-pyrrole nitrogens is 1. The third kappa shape index (κ3) is 4.41. The summed E-state index contributed by atoms with van der Waals surface area (Å²) in [6, 6.07) is 17.6. The summed E-state index contributed by atoms with van der Waals surface area (Å²) < 4.78 is 11.9. The molecule has 1 amide bonds. The van der Waals surface area contributed by atoms with Crippen LogP contribution < -0.4 is 15.0 Å². The molecular weight excluding hydrogens is 430 g/mol. The first-order chi connectivity index (χ1) is 16.6. The zero-order chi connectivity index (χ0) is 23.5. The Hall–Kier alpha value is -4.01.